The van der Waals surface area contributed by atoms with E-state index in [1.165, 1.54) is 19.2 Å². The maximum atomic E-state index is 12.4. The smallest absolute Gasteiger partial charge is 0.274 e. The van der Waals surface area contributed by atoms with Crippen molar-refractivity contribution in [3.63, 3.8) is 0 Å². The van der Waals surface area contributed by atoms with Gasteiger partial charge in [0.2, 0.25) is 0 Å². The Hall–Kier alpha value is -3.10. The molecule has 1 saturated heterocycles. The van der Waals surface area contributed by atoms with Gasteiger partial charge in [0.15, 0.2) is 5.78 Å². The predicted octanol–water partition coefficient (Wildman–Crippen LogP) is 1.60. The predicted molar refractivity (Wildman–Crippen MR) is 108 cm³/mol. The first-order valence-corrected chi connectivity index (χ1v) is 9.49. The minimum Gasteiger partial charge on any atom is -0.379 e. The molecule has 8 heteroatoms. The summed E-state index contributed by atoms with van der Waals surface area (Å²) in [4.78, 5) is 42.4. The number of benzene rings is 1. The Morgan fingerprint density at radius 1 is 1.03 bits per heavy atom. The van der Waals surface area contributed by atoms with Gasteiger partial charge < -0.3 is 15.4 Å². The van der Waals surface area contributed by atoms with Crippen molar-refractivity contribution in [3.05, 3.63) is 59.4 Å². The Balaban J connectivity index is 1.55. The molecule has 0 atom stereocenters. The zero-order chi connectivity index (χ0) is 20.6. The van der Waals surface area contributed by atoms with Crippen molar-refractivity contribution in [2.45, 2.75) is 6.92 Å². The molecular formula is C21H24N4O4. The molecule has 2 heterocycles. The molecule has 2 amide bonds. The van der Waals surface area contributed by atoms with Gasteiger partial charge in [0, 0.05) is 49.2 Å². The van der Waals surface area contributed by atoms with Gasteiger partial charge in [0.1, 0.15) is 5.69 Å². The van der Waals surface area contributed by atoms with Gasteiger partial charge in [-0.3, -0.25) is 24.3 Å². The minimum absolute atomic E-state index is 0.0446. The number of aromatic nitrogens is 1. The molecule has 3 rings (SSSR count). The molecule has 0 unspecified atom stereocenters. The third-order valence-electron chi connectivity index (χ3n) is 4.62. The van der Waals surface area contributed by atoms with Crippen LogP contribution in [0.5, 0.6) is 0 Å². The molecule has 1 aromatic heterocycles. The molecule has 2 aromatic rings. The van der Waals surface area contributed by atoms with Gasteiger partial charge in [0.25, 0.3) is 11.8 Å². The van der Waals surface area contributed by atoms with Crippen molar-refractivity contribution in [1.82, 2.24) is 15.2 Å². The Bertz CT molecular complexity index is 877. The molecule has 0 aliphatic carbocycles. The zero-order valence-electron chi connectivity index (χ0n) is 16.3. The molecule has 1 aliphatic rings. The average Bonchev–Trinajstić information content (AvgIpc) is 2.75. The second-order valence-electron chi connectivity index (χ2n) is 6.73. The number of hydrogen-bond donors (Lipinski definition) is 2. The summed E-state index contributed by atoms with van der Waals surface area (Å²) in [6.07, 6.45) is 1.44. The summed E-state index contributed by atoms with van der Waals surface area (Å²) in [6.45, 7) is 5.91. The van der Waals surface area contributed by atoms with E-state index in [4.69, 9.17) is 4.74 Å². The lowest BCUT2D eigenvalue weighted by atomic mass is 10.1. The number of Topliss-reactive ketones (excluding diaryl/α,β-unsaturated/α-hetero) is 1. The number of carbonyl (C=O) groups is 3. The van der Waals surface area contributed by atoms with Crippen molar-refractivity contribution in [1.29, 1.82) is 0 Å². The molecule has 29 heavy (non-hydrogen) atoms. The van der Waals surface area contributed by atoms with E-state index in [2.05, 4.69) is 20.5 Å². The standard InChI is InChI=1S/C21H24N4O4/c1-15(26)16-2-4-18(5-3-16)24-21(28)19-14-17(6-7-22-19)20(27)23-8-9-25-10-12-29-13-11-25/h2-7,14H,8-13H2,1H3,(H,23,27)(H,24,28). The highest BCUT2D eigenvalue weighted by molar-refractivity contribution is 6.05. The molecule has 0 saturated carbocycles. The molecule has 1 aliphatic heterocycles. The quantitative estimate of drug-likeness (QED) is 0.690. The lowest BCUT2D eigenvalue weighted by molar-refractivity contribution is 0.0383. The largest absolute Gasteiger partial charge is 0.379 e. The van der Waals surface area contributed by atoms with Crippen molar-refractivity contribution >= 4 is 23.3 Å². The summed E-state index contributed by atoms with van der Waals surface area (Å²) in [7, 11) is 0. The third-order valence-corrected chi connectivity index (χ3v) is 4.62. The highest BCUT2D eigenvalue weighted by Crippen LogP contribution is 2.12. The van der Waals surface area contributed by atoms with Crippen LogP contribution in [0.1, 0.15) is 38.1 Å². The van der Waals surface area contributed by atoms with Gasteiger partial charge in [-0.2, -0.15) is 0 Å². The lowest BCUT2D eigenvalue weighted by Crippen LogP contribution is -2.41. The maximum Gasteiger partial charge on any atom is 0.274 e. The lowest BCUT2D eigenvalue weighted by Gasteiger charge is -2.26. The summed E-state index contributed by atoms with van der Waals surface area (Å²) in [5.41, 5.74) is 1.62. The molecule has 1 aromatic carbocycles. The van der Waals surface area contributed by atoms with Gasteiger partial charge in [-0.25, -0.2) is 0 Å². The fraction of sp³-hybridized carbons (Fsp3) is 0.333. The number of morpholine rings is 1. The summed E-state index contributed by atoms with van der Waals surface area (Å²) in [6, 6.07) is 9.62. The van der Waals surface area contributed by atoms with Gasteiger partial charge in [-0.05, 0) is 43.3 Å². The van der Waals surface area contributed by atoms with E-state index in [1.54, 1.807) is 30.3 Å². The highest BCUT2D eigenvalue weighted by Gasteiger charge is 2.14. The number of rotatable bonds is 7. The summed E-state index contributed by atoms with van der Waals surface area (Å²) < 4.78 is 5.30. The first kappa shape index (κ1) is 20.6. The number of ether oxygens (including phenoxy) is 1. The van der Waals surface area contributed by atoms with E-state index in [9.17, 15) is 14.4 Å². The number of hydrogen-bond acceptors (Lipinski definition) is 6. The average molecular weight is 396 g/mol. The fourth-order valence-corrected chi connectivity index (χ4v) is 2.93. The van der Waals surface area contributed by atoms with Crippen molar-refractivity contribution in [2.24, 2.45) is 0 Å². The molecule has 8 nitrogen and oxygen atoms in total. The van der Waals surface area contributed by atoms with Crippen molar-refractivity contribution in [3.8, 4) is 0 Å². The van der Waals surface area contributed by atoms with Crippen molar-refractivity contribution < 1.29 is 19.1 Å². The van der Waals surface area contributed by atoms with Crippen LogP contribution in [0.4, 0.5) is 5.69 Å². The van der Waals surface area contributed by atoms with Gasteiger partial charge in [0.05, 0.1) is 13.2 Å². The number of ketones is 1. The number of carbonyl (C=O) groups excluding carboxylic acids is 3. The van der Waals surface area contributed by atoms with Gasteiger partial charge in [-0.15, -0.1) is 0 Å². The Morgan fingerprint density at radius 3 is 2.45 bits per heavy atom. The van der Waals surface area contributed by atoms with E-state index in [1.807, 2.05) is 0 Å². The molecule has 1 fully saturated rings. The van der Waals surface area contributed by atoms with Crippen LogP contribution in [-0.4, -0.2) is 66.9 Å². The Labute approximate surface area is 169 Å². The molecule has 0 bridgehead atoms. The molecule has 2 N–H and O–H groups in total. The topological polar surface area (TPSA) is 101 Å². The SMILES string of the molecule is CC(=O)c1ccc(NC(=O)c2cc(C(=O)NCCN3CCOCC3)ccn2)cc1. The molecule has 0 spiro atoms. The van der Waals surface area contributed by atoms with E-state index in [-0.39, 0.29) is 17.4 Å². The second kappa shape index (κ2) is 9.90. The van der Waals surface area contributed by atoms with Crippen LogP contribution < -0.4 is 10.6 Å². The van der Waals surface area contributed by atoms with Crippen LogP contribution in [0.15, 0.2) is 42.6 Å². The number of nitrogens with zero attached hydrogens (tertiary/aromatic N) is 2. The summed E-state index contributed by atoms with van der Waals surface area (Å²) in [5, 5.41) is 5.58. The minimum atomic E-state index is -0.427. The second-order valence-corrected chi connectivity index (χ2v) is 6.73. The van der Waals surface area contributed by atoms with E-state index in [0.717, 1.165) is 19.6 Å². The van der Waals surface area contributed by atoms with Crippen LogP contribution >= 0.6 is 0 Å². The van der Waals surface area contributed by atoms with E-state index >= 15 is 0 Å². The maximum absolute atomic E-state index is 12.4. The highest BCUT2D eigenvalue weighted by atomic mass is 16.5. The number of amides is 2. The van der Waals surface area contributed by atoms with Gasteiger partial charge >= 0.3 is 0 Å². The van der Waals surface area contributed by atoms with E-state index < -0.39 is 5.91 Å². The number of nitrogens with one attached hydrogen (secondary N) is 2. The normalized spacial score (nSPS) is 14.2. The number of anilines is 1. The van der Waals surface area contributed by atoms with Gasteiger partial charge in [-0.1, -0.05) is 0 Å². The van der Waals surface area contributed by atoms with E-state index in [0.29, 0.717) is 36.6 Å². The summed E-state index contributed by atoms with van der Waals surface area (Å²) in [5.74, 6) is -0.721. The first-order valence-electron chi connectivity index (χ1n) is 9.49. The van der Waals surface area contributed by atoms with Crippen LogP contribution in [0, 0.1) is 0 Å². The first-order chi connectivity index (χ1) is 14.0. The zero-order valence-corrected chi connectivity index (χ0v) is 16.3. The van der Waals surface area contributed by atoms with Crippen LogP contribution in [0.2, 0.25) is 0 Å². The van der Waals surface area contributed by atoms with Crippen molar-refractivity contribution in [2.75, 3.05) is 44.7 Å². The Kier molecular flexibility index (Phi) is 7.04. The van der Waals surface area contributed by atoms with Crippen LogP contribution in [0.25, 0.3) is 0 Å². The Morgan fingerprint density at radius 2 is 1.76 bits per heavy atom. The monoisotopic (exact) mass is 396 g/mol. The third kappa shape index (κ3) is 5.94. The molecular weight excluding hydrogens is 372 g/mol. The molecule has 0 radical (unpaired) electrons. The van der Waals surface area contributed by atoms with Crippen LogP contribution in [-0.2, 0) is 4.74 Å². The molecule has 152 valence electrons. The number of pyridine rings is 1. The fourth-order valence-electron chi connectivity index (χ4n) is 2.93. The summed E-state index contributed by atoms with van der Waals surface area (Å²) >= 11 is 0. The van der Waals surface area contributed by atoms with Crippen LogP contribution in [0.3, 0.4) is 0 Å².